The summed E-state index contributed by atoms with van der Waals surface area (Å²) in [5.41, 5.74) is 4.43. The number of pyridine rings is 1. The van der Waals surface area contributed by atoms with E-state index in [-0.39, 0.29) is 5.91 Å². The van der Waals surface area contributed by atoms with Crippen molar-refractivity contribution in [1.29, 1.82) is 0 Å². The van der Waals surface area contributed by atoms with Crippen LogP contribution in [0.2, 0.25) is 0 Å². The fourth-order valence-corrected chi connectivity index (χ4v) is 2.63. The van der Waals surface area contributed by atoms with E-state index in [1.165, 1.54) is 0 Å². The van der Waals surface area contributed by atoms with Gasteiger partial charge < -0.3 is 5.32 Å². The Morgan fingerprint density at radius 3 is 2.53 bits per heavy atom. The van der Waals surface area contributed by atoms with Crippen LogP contribution < -0.4 is 5.32 Å². The molecule has 0 saturated heterocycles. The molecule has 0 fully saturated rings. The Morgan fingerprint density at radius 2 is 1.95 bits per heavy atom. The van der Waals surface area contributed by atoms with Gasteiger partial charge in [-0.3, -0.25) is 9.78 Å². The second-order valence-electron chi connectivity index (χ2n) is 4.58. The Balaban J connectivity index is 2.26. The number of aromatic nitrogens is 1. The van der Waals surface area contributed by atoms with Gasteiger partial charge in [-0.1, -0.05) is 6.07 Å². The van der Waals surface area contributed by atoms with Gasteiger partial charge in [-0.05, 0) is 66.0 Å². The number of halogens is 1. The normalized spacial score (nSPS) is 10.3. The second-order valence-corrected chi connectivity index (χ2v) is 5.44. The summed E-state index contributed by atoms with van der Waals surface area (Å²) in [4.78, 5) is 16.3. The van der Waals surface area contributed by atoms with Crippen LogP contribution in [-0.2, 0) is 0 Å². The highest BCUT2D eigenvalue weighted by atomic mass is 79.9. The van der Waals surface area contributed by atoms with Gasteiger partial charge in [0.25, 0.3) is 5.91 Å². The van der Waals surface area contributed by atoms with Crippen molar-refractivity contribution in [1.82, 2.24) is 4.98 Å². The Hall–Kier alpha value is -1.68. The van der Waals surface area contributed by atoms with Crippen molar-refractivity contribution < 1.29 is 4.79 Å². The first-order chi connectivity index (χ1) is 8.97. The molecule has 2 rings (SSSR count). The Kier molecular flexibility index (Phi) is 4.00. The number of amides is 1. The average Bonchev–Trinajstić information content (AvgIpc) is 2.34. The predicted molar refractivity (Wildman–Crippen MR) is 80.5 cm³/mol. The number of hydrogen-bond acceptors (Lipinski definition) is 2. The van der Waals surface area contributed by atoms with Gasteiger partial charge in [-0.15, -0.1) is 0 Å². The molecule has 1 aromatic heterocycles. The summed E-state index contributed by atoms with van der Waals surface area (Å²) < 4.78 is 0.887. The van der Waals surface area contributed by atoms with Gasteiger partial charge in [0.15, 0.2) is 0 Å². The maximum Gasteiger partial charge on any atom is 0.257 e. The molecule has 0 spiro atoms. The molecule has 1 heterocycles. The molecule has 0 saturated carbocycles. The lowest BCUT2D eigenvalue weighted by Crippen LogP contribution is -2.13. The summed E-state index contributed by atoms with van der Waals surface area (Å²) in [7, 11) is 0. The molecular weight excluding hydrogens is 304 g/mol. The summed E-state index contributed by atoms with van der Waals surface area (Å²) in [6, 6.07) is 7.62. The number of carbonyl (C=O) groups excluding carboxylic acids is 1. The van der Waals surface area contributed by atoms with Gasteiger partial charge in [-0.25, -0.2) is 0 Å². The zero-order valence-electron chi connectivity index (χ0n) is 11.1. The SMILES string of the molecule is Cc1cc(C)c(NC(=O)c2ccc(C)nc2)c(Br)c1. The molecule has 1 N–H and O–H groups in total. The maximum atomic E-state index is 12.1. The van der Waals surface area contributed by atoms with E-state index in [1.807, 2.05) is 39.0 Å². The number of nitrogens with zero attached hydrogens (tertiary/aromatic N) is 1. The Bertz CT molecular complexity index is 598. The molecule has 3 nitrogen and oxygen atoms in total. The van der Waals surface area contributed by atoms with E-state index >= 15 is 0 Å². The largest absolute Gasteiger partial charge is 0.321 e. The van der Waals surface area contributed by atoms with Gasteiger partial charge in [0, 0.05) is 16.4 Å². The molecule has 19 heavy (non-hydrogen) atoms. The second kappa shape index (κ2) is 5.53. The van der Waals surface area contributed by atoms with E-state index in [1.54, 1.807) is 12.3 Å². The highest BCUT2D eigenvalue weighted by Crippen LogP contribution is 2.28. The molecule has 0 unspecified atom stereocenters. The topological polar surface area (TPSA) is 42.0 Å². The Morgan fingerprint density at radius 1 is 1.21 bits per heavy atom. The smallest absolute Gasteiger partial charge is 0.257 e. The summed E-state index contributed by atoms with van der Waals surface area (Å²) in [6.07, 6.45) is 1.59. The number of hydrogen-bond donors (Lipinski definition) is 1. The van der Waals surface area contributed by atoms with Crippen LogP contribution in [0.3, 0.4) is 0 Å². The maximum absolute atomic E-state index is 12.1. The molecular formula is C15H15BrN2O. The van der Waals surface area contributed by atoms with Crippen LogP contribution in [0.1, 0.15) is 27.2 Å². The minimum absolute atomic E-state index is 0.153. The van der Waals surface area contributed by atoms with E-state index in [0.29, 0.717) is 5.56 Å². The lowest BCUT2D eigenvalue weighted by molar-refractivity contribution is 0.102. The van der Waals surface area contributed by atoms with Gasteiger partial charge in [0.2, 0.25) is 0 Å². The predicted octanol–water partition coefficient (Wildman–Crippen LogP) is 4.02. The Labute approximate surface area is 121 Å². The molecule has 1 amide bonds. The first-order valence-electron chi connectivity index (χ1n) is 5.98. The van der Waals surface area contributed by atoms with Crippen molar-refractivity contribution in [3.05, 3.63) is 57.3 Å². The molecule has 0 bridgehead atoms. The van der Waals surface area contributed by atoms with Crippen molar-refractivity contribution in [3.63, 3.8) is 0 Å². The highest BCUT2D eigenvalue weighted by Gasteiger charge is 2.11. The minimum atomic E-state index is -0.153. The zero-order chi connectivity index (χ0) is 14.0. The highest BCUT2D eigenvalue weighted by molar-refractivity contribution is 9.10. The number of aryl methyl sites for hydroxylation is 3. The first-order valence-corrected chi connectivity index (χ1v) is 6.77. The molecule has 0 radical (unpaired) electrons. The van der Waals surface area contributed by atoms with Crippen LogP contribution in [0.5, 0.6) is 0 Å². The van der Waals surface area contributed by atoms with Gasteiger partial charge in [0.1, 0.15) is 0 Å². The van der Waals surface area contributed by atoms with Gasteiger partial charge >= 0.3 is 0 Å². The quantitative estimate of drug-likeness (QED) is 0.908. The number of carbonyl (C=O) groups is 1. The molecule has 0 aliphatic carbocycles. The molecule has 1 aromatic carbocycles. The van der Waals surface area contributed by atoms with E-state index in [4.69, 9.17) is 0 Å². The van der Waals surface area contributed by atoms with Crippen molar-refractivity contribution in [2.45, 2.75) is 20.8 Å². The van der Waals surface area contributed by atoms with Gasteiger partial charge in [0.05, 0.1) is 11.3 Å². The lowest BCUT2D eigenvalue weighted by atomic mass is 10.1. The van der Waals surface area contributed by atoms with Crippen molar-refractivity contribution >= 4 is 27.5 Å². The van der Waals surface area contributed by atoms with Crippen LogP contribution in [0.25, 0.3) is 0 Å². The standard InChI is InChI=1S/C15H15BrN2O/c1-9-6-10(2)14(13(16)7-9)18-15(19)12-5-4-11(3)17-8-12/h4-8H,1-3H3,(H,18,19). The minimum Gasteiger partial charge on any atom is -0.321 e. The third-order valence-corrected chi connectivity index (χ3v) is 3.47. The monoisotopic (exact) mass is 318 g/mol. The zero-order valence-corrected chi connectivity index (χ0v) is 12.7. The van der Waals surface area contributed by atoms with Crippen LogP contribution in [0.4, 0.5) is 5.69 Å². The average molecular weight is 319 g/mol. The first kappa shape index (κ1) is 13.7. The summed E-state index contributed by atoms with van der Waals surface area (Å²) >= 11 is 3.48. The summed E-state index contributed by atoms with van der Waals surface area (Å²) in [5.74, 6) is -0.153. The van der Waals surface area contributed by atoms with Gasteiger partial charge in [-0.2, -0.15) is 0 Å². The lowest BCUT2D eigenvalue weighted by Gasteiger charge is -2.11. The number of benzene rings is 1. The van der Waals surface area contributed by atoms with Crippen LogP contribution in [0, 0.1) is 20.8 Å². The van der Waals surface area contributed by atoms with E-state index in [9.17, 15) is 4.79 Å². The van der Waals surface area contributed by atoms with E-state index in [2.05, 4.69) is 26.2 Å². The molecule has 2 aromatic rings. The van der Waals surface area contributed by atoms with Crippen molar-refractivity contribution in [3.8, 4) is 0 Å². The van der Waals surface area contributed by atoms with E-state index in [0.717, 1.165) is 27.0 Å². The molecule has 0 atom stereocenters. The molecule has 4 heteroatoms. The van der Waals surface area contributed by atoms with Crippen LogP contribution in [-0.4, -0.2) is 10.9 Å². The van der Waals surface area contributed by atoms with Crippen molar-refractivity contribution in [2.75, 3.05) is 5.32 Å². The number of rotatable bonds is 2. The molecule has 0 aliphatic heterocycles. The number of nitrogens with one attached hydrogen (secondary N) is 1. The molecule has 0 aliphatic rings. The summed E-state index contributed by atoms with van der Waals surface area (Å²) in [6.45, 7) is 5.89. The number of anilines is 1. The third-order valence-electron chi connectivity index (χ3n) is 2.84. The third kappa shape index (κ3) is 3.20. The molecule has 98 valence electrons. The fraction of sp³-hybridized carbons (Fsp3) is 0.200. The summed E-state index contributed by atoms with van der Waals surface area (Å²) in [5, 5.41) is 2.92. The fourth-order valence-electron chi connectivity index (χ4n) is 1.86. The van der Waals surface area contributed by atoms with E-state index < -0.39 is 0 Å². The van der Waals surface area contributed by atoms with Crippen LogP contribution >= 0.6 is 15.9 Å². The van der Waals surface area contributed by atoms with Crippen molar-refractivity contribution in [2.24, 2.45) is 0 Å². The van der Waals surface area contributed by atoms with Crippen LogP contribution in [0.15, 0.2) is 34.9 Å².